The van der Waals surface area contributed by atoms with Gasteiger partial charge in [0.05, 0.1) is 5.60 Å². The van der Waals surface area contributed by atoms with Gasteiger partial charge in [-0.15, -0.1) is 0 Å². The molecule has 3 aliphatic rings. The van der Waals surface area contributed by atoms with Crippen LogP contribution in [0.1, 0.15) is 38.2 Å². The van der Waals surface area contributed by atoms with Gasteiger partial charge < -0.3 is 24.8 Å². The Morgan fingerprint density at radius 2 is 1.92 bits per heavy atom. The average molecular weight is 345 g/mol. The SMILES string of the molecule is CN=C(NCC1(C)CCCO1)NCC1(c2ccc3c(c2)OCO3)CC1. The molecule has 2 N–H and O–H groups in total. The summed E-state index contributed by atoms with van der Waals surface area (Å²) in [7, 11) is 1.81. The third kappa shape index (κ3) is 3.40. The van der Waals surface area contributed by atoms with Crippen LogP contribution in [0.4, 0.5) is 0 Å². The van der Waals surface area contributed by atoms with Gasteiger partial charge >= 0.3 is 0 Å². The summed E-state index contributed by atoms with van der Waals surface area (Å²) < 4.78 is 16.8. The topological polar surface area (TPSA) is 64.1 Å². The monoisotopic (exact) mass is 345 g/mol. The molecule has 6 nitrogen and oxygen atoms in total. The van der Waals surface area contributed by atoms with Crippen LogP contribution in [0.3, 0.4) is 0 Å². The van der Waals surface area contributed by atoms with E-state index in [0.717, 1.165) is 50.0 Å². The van der Waals surface area contributed by atoms with Crippen molar-refractivity contribution in [2.45, 2.75) is 43.6 Å². The number of guanidine groups is 1. The van der Waals surface area contributed by atoms with Crippen molar-refractivity contribution in [3.05, 3.63) is 23.8 Å². The lowest BCUT2D eigenvalue weighted by Gasteiger charge is -2.25. The Balaban J connectivity index is 1.35. The molecule has 0 radical (unpaired) electrons. The van der Waals surface area contributed by atoms with Gasteiger partial charge in [-0.1, -0.05) is 6.07 Å². The first-order valence-corrected chi connectivity index (χ1v) is 9.11. The van der Waals surface area contributed by atoms with Crippen molar-refractivity contribution in [2.75, 3.05) is 33.5 Å². The van der Waals surface area contributed by atoms with Crippen molar-refractivity contribution >= 4 is 5.96 Å². The minimum Gasteiger partial charge on any atom is -0.454 e. The highest BCUT2D eigenvalue weighted by atomic mass is 16.7. The van der Waals surface area contributed by atoms with E-state index in [1.807, 2.05) is 13.1 Å². The lowest BCUT2D eigenvalue weighted by molar-refractivity contribution is 0.0243. The molecule has 0 bridgehead atoms. The smallest absolute Gasteiger partial charge is 0.231 e. The highest BCUT2D eigenvalue weighted by Crippen LogP contribution is 2.49. The number of rotatable bonds is 5. The van der Waals surface area contributed by atoms with Crippen LogP contribution in [0.2, 0.25) is 0 Å². The molecule has 1 unspecified atom stereocenters. The highest BCUT2D eigenvalue weighted by molar-refractivity contribution is 5.80. The van der Waals surface area contributed by atoms with Crippen molar-refractivity contribution in [3.8, 4) is 11.5 Å². The summed E-state index contributed by atoms with van der Waals surface area (Å²) in [6.45, 7) is 4.99. The maximum absolute atomic E-state index is 5.83. The maximum atomic E-state index is 5.83. The Kier molecular flexibility index (Phi) is 4.23. The van der Waals surface area contributed by atoms with Crippen molar-refractivity contribution in [1.29, 1.82) is 0 Å². The van der Waals surface area contributed by atoms with E-state index in [1.165, 1.54) is 18.4 Å². The first-order chi connectivity index (χ1) is 12.1. The fraction of sp³-hybridized carbons (Fsp3) is 0.632. The molecular weight excluding hydrogens is 318 g/mol. The number of ether oxygens (including phenoxy) is 3. The summed E-state index contributed by atoms with van der Waals surface area (Å²) >= 11 is 0. The van der Waals surface area contributed by atoms with Crippen molar-refractivity contribution in [1.82, 2.24) is 10.6 Å². The molecule has 1 aliphatic carbocycles. The van der Waals surface area contributed by atoms with Crippen LogP contribution < -0.4 is 20.1 Å². The third-order valence-electron chi connectivity index (χ3n) is 5.59. The average Bonchev–Trinajstić information content (AvgIpc) is 3.05. The number of hydrogen-bond acceptors (Lipinski definition) is 4. The standard InChI is InChI=1S/C19H27N3O3/c1-18(6-3-9-25-18)11-21-17(20-2)22-12-19(7-8-19)14-4-5-15-16(10-14)24-13-23-15/h4-5,10H,3,6-9,11-13H2,1-2H3,(H2,20,21,22). The molecule has 1 atom stereocenters. The molecule has 4 rings (SSSR count). The second kappa shape index (κ2) is 6.41. The molecule has 1 saturated heterocycles. The summed E-state index contributed by atoms with van der Waals surface area (Å²) in [5.41, 5.74) is 1.41. The minimum atomic E-state index is -0.0772. The number of nitrogens with one attached hydrogen (secondary N) is 2. The highest BCUT2D eigenvalue weighted by Gasteiger charge is 2.45. The normalized spacial score (nSPS) is 26.6. The Hall–Kier alpha value is -1.95. The van der Waals surface area contributed by atoms with Crippen LogP contribution in [0.15, 0.2) is 23.2 Å². The van der Waals surface area contributed by atoms with Gasteiger partial charge in [0.25, 0.3) is 0 Å². The van der Waals surface area contributed by atoms with Crippen molar-refractivity contribution < 1.29 is 14.2 Å². The third-order valence-corrected chi connectivity index (χ3v) is 5.59. The van der Waals surface area contributed by atoms with E-state index in [9.17, 15) is 0 Å². The zero-order valence-electron chi connectivity index (χ0n) is 15.1. The van der Waals surface area contributed by atoms with E-state index in [1.54, 1.807) is 0 Å². The van der Waals surface area contributed by atoms with Crippen LogP contribution in [0, 0.1) is 0 Å². The van der Waals surface area contributed by atoms with Gasteiger partial charge in [-0.2, -0.15) is 0 Å². The van der Waals surface area contributed by atoms with Crippen molar-refractivity contribution in [3.63, 3.8) is 0 Å². The quantitative estimate of drug-likeness (QED) is 0.633. The lowest BCUT2D eigenvalue weighted by Crippen LogP contribution is -2.47. The van der Waals surface area contributed by atoms with Gasteiger partial charge in [-0.3, -0.25) is 4.99 Å². The molecule has 25 heavy (non-hydrogen) atoms. The molecular formula is C19H27N3O3. The van der Waals surface area contributed by atoms with E-state index in [4.69, 9.17) is 14.2 Å². The van der Waals surface area contributed by atoms with E-state index in [-0.39, 0.29) is 11.0 Å². The Morgan fingerprint density at radius 3 is 2.64 bits per heavy atom. The van der Waals surface area contributed by atoms with E-state index in [0.29, 0.717) is 6.79 Å². The number of fused-ring (bicyclic) bond motifs is 1. The summed E-state index contributed by atoms with van der Waals surface area (Å²) in [5.74, 6) is 2.54. The summed E-state index contributed by atoms with van der Waals surface area (Å²) in [5, 5.41) is 6.91. The van der Waals surface area contributed by atoms with Crippen LogP contribution in [-0.2, 0) is 10.2 Å². The number of hydrogen-bond donors (Lipinski definition) is 2. The molecule has 0 spiro atoms. The van der Waals surface area contributed by atoms with Gasteiger partial charge in [-0.25, -0.2) is 0 Å². The lowest BCUT2D eigenvalue weighted by atomic mass is 9.95. The molecule has 6 heteroatoms. The summed E-state index contributed by atoms with van der Waals surface area (Å²) in [6.07, 6.45) is 4.59. The van der Waals surface area contributed by atoms with Gasteiger partial charge in [0, 0.05) is 32.2 Å². The second-order valence-electron chi connectivity index (χ2n) is 7.53. The number of benzene rings is 1. The van der Waals surface area contributed by atoms with Crippen LogP contribution in [0.5, 0.6) is 11.5 Å². The van der Waals surface area contributed by atoms with Crippen LogP contribution in [-0.4, -0.2) is 45.1 Å². The zero-order valence-corrected chi connectivity index (χ0v) is 15.1. The molecule has 2 aliphatic heterocycles. The molecule has 1 saturated carbocycles. The molecule has 0 aromatic heterocycles. The Labute approximate surface area is 148 Å². The van der Waals surface area contributed by atoms with E-state index >= 15 is 0 Å². The Bertz CT molecular complexity index is 664. The molecule has 0 amide bonds. The Morgan fingerprint density at radius 1 is 1.12 bits per heavy atom. The largest absolute Gasteiger partial charge is 0.454 e. The predicted molar refractivity (Wildman–Crippen MR) is 96.4 cm³/mol. The molecule has 1 aromatic rings. The molecule has 2 fully saturated rings. The summed E-state index contributed by atoms with van der Waals surface area (Å²) in [6, 6.07) is 6.30. The van der Waals surface area contributed by atoms with Gasteiger partial charge in [0.15, 0.2) is 17.5 Å². The number of aliphatic imine (C=N–C) groups is 1. The van der Waals surface area contributed by atoms with E-state index < -0.39 is 0 Å². The second-order valence-corrected chi connectivity index (χ2v) is 7.53. The van der Waals surface area contributed by atoms with Crippen LogP contribution in [0.25, 0.3) is 0 Å². The van der Waals surface area contributed by atoms with Gasteiger partial charge in [0.2, 0.25) is 6.79 Å². The summed E-state index contributed by atoms with van der Waals surface area (Å²) in [4.78, 5) is 4.36. The predicted octanol–water partition coefficient (Wildman–Crippen LogP) is 2.18. The molecule has 2 heterocycles. The van der Waals surface area contributed by atoms with E-state index in [2.05, 4.69) is 34.7 Å². The zero-order chi connectivity index (χ0) is 17.3. The first kappa shape index (κ1) is 16.5. The van der Waals surface area contributed by atoms with Gasteiger partial charge in [0.1, 0.15) is 0 Å². The fourth-order valence-corrected chi connectivity index (χ4v) is 3.67. The fourth-order valence-electron chi connectivity index (χ4n) is 3.67. The van der Waals surface area contributed by atoms with Crippen molar-refractivity contribution in [2.24, 2.45) is 4.99 Å². The molecule has 1 aromatic carbocycles. The van der Waals surface area contributed by atoms with Gasteiger partial charge in [-0.05, 0) is 50.3 Å². The minimum absolute atomic E-state index is 0.0772. The number of nitrogens with zero attached hydrogens (tertiary/aromatic N) is 1. The maximum Gasteiger partial charge on any atom is 0.231 e. The van der Waals surface area contributed by atoms with Crippen LogP contribution >= 0.6 is 0 Å². The first-order valence-electron chi connectivity index (χ1n) is 9.11. The molecule has 136 valence electrons.